The first kappa shape index (κ1) is 43.3. The Kier molecular flexibility index (Phi) is 17.7. The van der Waals surface area contributed by atoms with Crippen molar-refractivity contribution in [1.29, 1.82) is 0 Å². The Morgan fingerprint density at radius 2 is 1.21 bits per heavy atom. The van der Waals surface area contributed by atoms with Crippen LogP contribution in [0.15, 0.2) is 58.3 Å². The minimum atomic E-state index is -3.70. The fourth-order valence-corrected chi connectivity index (χ4v) is 8.29. The van der Waals surface area contributed by atoms with Crippen LogP contribution in [0.1, 0.15) is 88.7 Å². The predicted molar refractivity (Wildman–Crippen MR) is 178 cm³/mol. The average molecular weight is 721 g/mol. The number of hydrogen-bond donors (Lipinski definition) is 1. The van der Waals surface area contributed by atoms with Gasteiger partial charge in [0.05, 0.1) is 41.8 Å². The molecule has 2 saturated carbocycles. The Morgan fingerprint density at radius 1 is 0.750 bits per heavy atom. The summed E-state index contributed by atoms with van der Waals surface area (Å²) in [4.78, 5) is 0.431. The van der Waals surface area contributed by atoms with E-state index >= 15 is 0 Å². The number of aryl methyl sites for hydroxylation is 2. The molecule has 266 valence electrons. The Hall–Kier alpha value is -0.900. The number of rotatable bonds is 9. The Balaban J connectivity index is 0.000000280. The van der Waals surface area contributed by atoms with Crippen molar-refractivity contribution in [1.82, 2.24) is 0 Å². The summed E-state index contributed by atoms with van der Waals surface area (Å²) in [5.41, 5.74) is 1.81. The van der Waals surface area contributed by atoms with Gasteiger partial charge in [0.2, 0.25) is 0 Å². The van der Waals surface area contributed by atoms with Gasteiger partial charge in [-0.15, -0.1) is 0 Å². The number of aliphatic hydroxyl groups is 1. The van der Waals surface area contributed by atoms with Crippen molar-refractivity contribution in [2.24, 2.45) is 10.8 Å². The maximum absolute atomic E-state index is 12.2. The molecule has 48 heavy (non-hydrogen) atoms. The molecule has 2 aromatic rings. The number of aliphatic hydroxyl groups excluding tert-OH is 1. The molecular formula is C35H53NaO10S2. The third kappa shape index (κ3) is 12.7. The molecule has 0 atom stereocenters. The predicted octanol–water partition coefficient (Wildman–Crippen LogP) is 3.32. The number of benzene rings is 2. The van der Waals surface area contributed by atoms with E-state index in [4.69, 9.17) is 17.8 Å². The molecule has 3 saturated heterocycles. The topological polar surface area (TPSA) is 155 Å². The maximum atomic E-state index is 12.2. The normalized spacial score (nSPS) is 26.5. The largest absolute Gasteiger partial charge is 1.00 e. The molecule has 10 nitrogen and oxygen atoms in total. The van der Waals surface area contributed by atoms with E-state index in [0.29, 0.717) is 12.7 Å². The van der Waals surface area contributed by atoms with Gasteiger partial charge in [0, 0.05) is 18.6 Å². The fourth-order valence-electron chi connectivity index (χ4n) is 6.27. The van der Waals surface area contributed by atoms with Gasteiger partial charge in [0.25, 0.3) is 20.2 Å². The van der Waals surface area contributed by atoms with E-state index in [1.54, 1.807) is 48.5 Å². The van der Waals surface area contributed by atoms with Gasteiger partial charge in [0.15, 0.2) is 0 Å². The van der Waals surface area contributed by atoms with Gasteiger partial charge in [-0.25, -0.2) is 0 Å². The molecule has 3 aliphatic heterocycles. The summed E-state index contributed by atoms with van der Waals surface area (Å²) in [6.07, 6.45) is 10.7. The SMILES string of the molecule is C1CCOC1.CCC1(COS(=O)(=O)c2ccc(C)cc2)CCC(O)CC1.Cc1ccc(S(=O)(=O)OCC23CCC(CC2)OC3)cc1.[Na+].[OH-]. The van der Waals surface area contributed by atoms with E-state index in [1.165, 1.54) is 12.8 Å². The van der Waals surface area contributed by atoms with Gasteiger partial charge >= 0.3 is 29.6 Å². The van der Waals surface area contributed by atoms with Gasteiger partial charge in [-0.05, 0) is 114 Å². The molecule has 0 spiro atoms. The summed E-state index contributed by atoms with van der Waals surface area (Å²) >= 11 is 0. The van der Waals surface area contributed by atoms with Gasteiger partial charge in [-0.1, -0.05) is 42.3 Å². The molecule has 0 unspecified atom stereocenters. The maximum Gasteiger partial charge on any atom is 1.00 e. The second-order valence-corrected chi connectivity index (χ2v) is 16.7. The van der Waals surface area contributed by atoms with E-state index in [0.717, 1.165) is 82.1 Å². The first-order valence-corrected chi connectivity index (χ1v) is 19.5. The molecule has 2 bridgehead atoms. The Labute approximate surface area is 310 Å². The van der Waals surface area contributed by atoms with E-state index in [-0.39, 0.29) is 75.0 Å². The van der Waals surface area contributed by atoms with Crippen LogP contribution in [0.4, 0.5) is 0 Å². The van der Waals surface area contributed by atoms with Crippen LogP contribution >= 0.6 is 0 Å². The first-order valence-electron chi connectivity index (χ1n) is 16.7. The van der Waals surface area contributed by atoms with Crippen molar-refractivity contribution >= 4 is 20.2 Å². The van der Waals surface area contributed by atoms with E-state index in [9.17, 15) is 21.9 Å². The number of fused-ring (bicyclic) bond motifs is 3. The van der Waals surface area contributed by atoms with E-state index in [2.05, 4.69) is 6.92 Å². The molecule has 0 amide bonds. The minimum Gasteiger partial charge on any atom is -0.870 e. The molecule has 3 heterocycles. The van der Waals surface area contributed by atoms with Crippen LogP contribution in [0.25, 0.3) is 0 Å². The third-order valence-corrected chi connectivity index (χ3v) is 12.4. The van der Waals surface area contributed by atoms with E-state index in [1.807, 2.05) is 13.8 Å². The van der Waals surface area contributed by atoms with Crippen molar-refractivity contribution in [2.75, 3.05) is 33.0 Å². The Bertz CT molecular complexity index is 1410. The summed E-state index contributed by atoms with van der Waals surface area (Å²) < 4.78 is 70.1. The van der Waals surface area contributed by atoms with Gasteiger partial charge < -0.3 is 20.1 Å². The molecular weight excluding hydrogens is 667 g/mol. The summed E-state index contributed by atoms with van der Waals surface area (Å²) in [5, 5.41) is 9.61. The van der Waals surface area contributed by atoms with Gasteiger partial charge in [-0.3, -0.25) is 8.37 Å². The van der Waals surface area contributed by atoms with Crippen LogP contribution in [0, 0.1) is 24.7 Å². The molecule has 0 radical (unpaired) electrons. The summed E-state index contributed by atoms with van der Waals surface area (Å²) in [7, 11) is -7.36. The number of ether oxygens (including phenoxy) is 2. The van der Waals surface area contributed by atoms with Crippen LogP contribution in [0.3, 0.4) is 0 Å². The van der Waals surface area contributed by atoms with Crippen LogP contribution < -0.4 is 29.6 Å². The van der Waals surface area contributed by atoms with Gasteiger partial charge in [0.1, 0.15) is 0 Å². The van der Waals surface area contributed by atoms with Crippen LogP contribution in [-0.4, -0.2) is 72.7 Å². The summed E-state index contributed by atoms with van der Waals surface area (Å²) in [6.45, 7) is 8.95. The molecule has 2 aromatic carbocycles. The number of hydrogen-bond acceptors (Lipinski definition) is 10. The molecule has 5 fully saturated rings. The average Bonchev–Trinajstić information content (AvgIpc) is 3.67. The van der Waals surface area contributed by atoms with Crippen molar-refractivity contribution < 1.29 is 74.8 Å². The second kappa shape index (κ2) is 19.6. The summed E-state index contributed by atoms with van der Waals surface area (Å²) in [5.74, 6) is 0. The zero-order valence-electron chi connectivity index (χ0n) is 29.1. The Morgan fingerprint density at radius 3 is 1.58 bits per heavy atom. The quantitative estimate of drug-likeness (QED) is 0.301. The van der Waals surface area contributed by atoms with Crippen LogP contribution in [0.2, 0.25) is 0 Å². The molecule has 5 aliphatic rings. The zero-order chi connectivity index (χ0) is 33.3. The molecule has 0 aromatic heterocycles. The second-order valence-electron chi connectivity index (χ2n) is 13.5. The van der Waals surface area contributed by atoms with Crippen LogP contribution in [-0.2, 0) is 38.1 Å². The zero-order valence-corrected chi connectivity index (χ0v) is 32.7. The van der Waals surface area contributed by atoms with Gasteiger partial charge in [-0.2, -0.15) is 16.8 Å². The molecule has 13 heteroatoms. The van der Waals surface area contributed by atoms with Crippen molar-refractivity contribution in [3.8, 4) is 0 Å². The summed E-state index contributed by atoms with van der Waals surface area (Å²) in [6, 6.07) is 13.4. The van der Waals surface area contributed by atoms with Crippen molar-refractivity contribution in [2.45, 2.75) is 113 Å². The van der Waals surface area contributed by atoms with E-state index < -0.39 is 20.2 Å². The van der Waals surface area contributed by atoms with Crippen LogP contribution in [0.5, 0.6) is 0 Å². The third-order valence-electron chi connectivity index (χ3n) is 9.87. The minimum absolute atomic E-state index is 0. The molecule has 2 N–H and O–H groups in total. The van der Waals surface area contributed by atoms with Crippen molar-refractivity contribution in [3.05, 3.63) is 59.7 Å². The fraction of sp³-hybridized carbons (Fsp3) is 0.657. The molecule has 7 rings (SSSR count). The smallest absolute Gasteiger partial charge is 0.870 e. The standard InChI is InChI=1S/C16H24O4S.C15H20O4S.C4H8O.Na.H2O/c1-3-16(10-8-14(17)9-11-16)12-20-21(18,19)15-6-4-13(2)5-7-15;1-12-2-4-14(5-3-12)20(16,17)19-11-15-8-6-13(7-9-15)18-10-15;1-2-4-5-3-1;;/h4-7,14,17H,3,8-12H2,1-2H3;2-5,13H,6-11H2,1H3;1-4H2;;1H2/q;;;+1;/p-1. The van der Waals surface area contributed by atoms with Crippen molar-refractivity contribution in [3.63, 3.8) is 0 Å². The molecule has 2 aliphatic carbocycles. The first-order chi connectivity index (χ1) is 21.9. The monoisotopic (exact) mass is 720 g/mol.